The van der Waals surface area contributed by atoms with Gasteiger partial charge < -0.3 is 15.7 Å². The first-order chi connectivity index (χ1) is 8.94. The van der Waals surface area contributed by atoms with Crippen molar-refractivity contribution < 1.29 is 5.11 Å². The van der Waals surface area contributed by atoms with Gasteiger partial charge in [0.15, 0.2) is 0 Å². The van der Waals surface area contributed by atoms with E-state index in [4.69, 9.17) is 11.1 Å². The van der Waals surface area contributed by atoms with Gasteiger partial charge in [-0.1, -0.05) is 13.0 Å². The lowest BCUT2D eigenvalue weighted by Crippen LogP contribution is -2.31. The molecule has 1 unspecified atom stereocenters. The maximum atomic E-state index is 10.1. The van der Waals surface area contributed by atoms with Crippen molar-refractivity contribution in [3.63, 3.8) is 0 Å². The lowest BCUT2D eigenvalue weighted by molar-refractivity contribution is 0.0839. The van der Waals surface area contributed by atoms with Crippen molar-refractivity contribution in [1.29, 1.82) is 5.41 Å². The number of benzene rings is 1. The van der Waals surface area contributed by atoms with Crippen molar-refractivity contribution in [1.82, 2.24) is 0 Å². The number of amidine groups is 1. The first-order valence-corrected chi connectivity index (χ1v) is 7.50. The van der Waals surface area contributed by atoms with Gasteiger partial charge in [0, 0.05) is 23.7 Å². The van der Waals surface area contributed by atoms with Crippen molar-refractivity contribution in [2.75, 3.05) is 23.7 Å². The van der Waals surface area contributed by atoms with Crippen molar-refractivity contribution in [3.05, 3.63) is 23.8 Å². The predicted octanol–water partition coefficient (Wildman–Crippen LogP) is 2.04. The summed E-state index contributed by atoms with van der Waals surface area (Å²) >= 11 is 1.69. The molecule has 1 atom stereocenters. The Kier molecular flexibility index (Phi) is 4.06. The molecule has 0 aromatic heterocycles. The monoisotopic (exact) mass is 279 g/mol. The molecule has 5 heteroatoms. The van der Waals surface area contributed by atoms with Crippen LogP contribution in [0.2, 0.25) is 0 Å². The van der Waals surface area contributed by atoms with Crippen molar-refractivity contribution in [2.24, 2.45) is 5.73 Å². The highest BCUT2D eigenvalue weighted by Gasteiger charge is 2.32. The molecule has 104 valence electrons. The summed E-state index contributed by atoms with van der Waals surface area (Å²) in [7, 11) is 0. The summed E-state index contributed by atoms with van der Waals surface area (Å²) in [4.78, 5) is 3.16. The number of nitrogens with one attached hydrogen (secondary N) is 1. The number of nitrogens with two attached hydrogens (primary N) is 1. The number of rotatable bonds is 4. The second-order valence-electron chi connectivity index (χ2n) is 5.17. The highest BCUT2D eigenvalue weighted by molar-refractivity contribution is 7.99. The molecule has 4 nitrogen and oxygen atoms in total. The number of hydrogen-bond donors (Lipinski definition) is 3. The van der Waals surface area contributed by atoms with Crippen LogP contribution in [0.15, 0.2) is 23.1 Å². The minimum absolute atomic E-state index is 0.0955. The van der Waals surface area contributed by atoms with E-state index < -0.39 is 5.60 Å². The van der Waals surface area contributed by atoms with Crippen LogP contribution >= 0.6 is 11.8 Å². The van der Waals surface area contributed by atoms with Gasteiger partial charge in [0.05, 0.1) is 11.2 Å². The van der Waals surface area contributed by atoms with Crippen molar-refractivity contribution >= 4 is 23.3 Å². The molecule has 19 heavy (non-hydrogen) atoms. The van der Waals surface area contributed by atoms with E-state index in [9.17, 15) is 5.11 Å². The minimum atomic E-state index is -0.651. The average molecular weight is 279 g/mol. The average Bonchev–Trinajstić information content (AvgIpc) is 2.69. The first-order valence-electron chi connectivity index (χ1n) is 6.52. The van der Waals surface area contributed by atoms with E-state index in [1.807, 2.05) is 25.1 Å². The van der Waals surface area contributed by atoms with Crippen LogP contribution in [0.25, 0.3) is 0 Å². The zero-order valence-electron chi connectivity index (χ0n) is 11.4. The van der Waals surface area contributed by atoms with E-state index in [1.165, 1.54) is 0 Å². The summed E-state index contributed by atoms with van der Waals surface area (Å²) in [5.41, 5.74) is 6.87. The Morgan fingerprint density at radius 2 is 2.32 bits per heavy atom. The van der Waals surface area contributed by atoms with Crippen LogP contribution in [-0.2, 0) is 0 Å². The molecule has 0 saturated carbocycles. The van der Waals surface area contributed by atoms with E-state index in [-0.39, 0.29) is 5.84 Å². The number of anilines is 1. The molecule has 0 bridgehead atoms. The summed E-state index contributed by atoms with van der Waals surface area (Å²) in [5.74, 6) is 1.04. The summed E-state index contributed by atoms with van der Waals surface area (Å²) in [6.07, 6.45) is 0.746. The maximum absolute atomic E-state index is 10.1. The van der Waals surface area contributed by atoms with Crippen LogP contribution in [0.4, 0.5) is 5.69 Å². The highest BCUT2D eigenvalue weighted by atomic mass is 32.2. The van der Waals surface area contributed by atoms with Crippen LogP contribution in [-0.4, -0.2) is 35.4 Å². The predicted molar refractivity (Wildman–Crippen MR) is 81.3 cm³/mol. The van der Waals surface area contributed by atoms with Crippen LogP contribution in [0.5, 0.6) is 0 Å². The van der Waals surface area contributed by atoms with Crippen LogP contribution in [0.3, 0.4) is 0 Å². The molecule has 1 aliphatic heterocycles. The van der Waals surface area contributed by atoms with Crippen molar-refractivity contribution in [3.8, 4) is 0 Å². The minimum Gasteiger partial charge on any atom is -0.388 e. The summed E-state index contributed by atoms with van der Waals surface area (Å²) in [6.45, 7) is 5.33. The van der Waals surface area contributed by atoms with E-state index in [0.29, 0.717) is 6.54 Å². The molecule has 1 aliphatic rings. The van der Waals surface area contributed by atoms with Gasteiger partial charge in [0.2, 0.25) is 0 Å². The number of thioether (sulfide) groups is 1. The van der Waals surface area contributed by atoms with Gasteiger partial charge in [-0.15, -0.1) is 11.8 Å². The molecule has 1 aromatic rings. The van der Waals surface area contributed by atoms with Gasteiger partial charge >= 0.3 is 0 Å². The van der Waals surface area contributed by atoms with Gasteiger partial charge in [-0.3, -0.25) is 5.41 Å². The molecule has 1 saturated heterocycles. The fourth-order valence-electron chi connectivity index (χ4n) is 2.48. The number of hydrogen-bond acceptors (Lipinski definition) is 4. The van der Waals surface area contributed by atoms with Crippen LogP contribution in [0, 0.1) is 5.41 Å². The van der Waals surface area contributed by atoms with Crippen LogP contribution in [0.1, 0.15) is 25.8 Å². The Morgan fingerprint density at radius 3 is 2.84 bits per heavy atom. The zero-order chi connectivity index (χ0) is 14.0. The van der Waals surface area contributed by atoms with E-state index >= 15 is 0 Å². The smallest absolute Gasteiger partial charge is 0.126 e. The lowest BCUT2D eigenvalue weighted by Gasteiger charge is -2.24. The molecule has 1 aromatic carbocycles. The number of nitrogen functional groups attached to an aromatic ring is 1. The number of β-amino-alcohol motifs (C(OH)–C–C–N with tert-alkyl or cyclic N) is 1. The molecule has 1 heterocycles. The second kappa shape index (κ2) is 5.43. The largest absolute Gasteiger partial charge is 0.388 e. The Morgan fingerprint density at radius 1 is 1.58 bits per heavy atom. The van der Waals surface area contributed by atoms with Gasteiger partial charge in [0.25, 0.3) is 0 Å². The topological polar surface area (TPSA) is 73.3 Å². The summed E-state index contributed by atoms with van der Waals surface area (Å²) < 4.78 is 0. The number of aliphatic hydroxyl groups is 1. The lowest BCUT2D eigenvalue weighted by atomic mass is 10.1. The molecule has 0 radical (unpaired) electrons. The Bertz CT molecular complexity index is 488. The van der Waals surface area contributed by atoms with Gasteiger partial charge in [-0.05, 0) is 31.2 Å². The highest BCUT2D eigenvalue weighted by Crippen LogP contribution is 2.34. The maximum Gasteiger partial charge on any atom is 0.126 e. The third-order valence-corrected chi connectivity index (χ3v) is 4.31. The molecular weight excluding hydrogens is 258 g/mol. The van der Waals surface area contributed by atoms with Crippen LogP contribution < -0.4 is 10.6 Å². The second-order valence-corrected chi connectivity index (χ2v) is 6.47. The Hall–Kier alpha value is -1.20. The van der Waals surface area contributed by atoms with Crippen molar-refractivity contribution in [2.45, 2.75) is 30.8 Å². The SMILES string of the molecule is CCSc1cccc(N2CCC(C)(O)C2)c1C(=N)N. The van der Waals surface area contributed by atoms with E-state index in [2.05, 4.69) is 11.8 Å². The normalized spacial score (nSPS) is 22.8. The first kappa shape index (κ1) is 14.2. The molecule has 1 fully saturated rings. The quantitative estimate of drug-likeness (QED) is 0.448. The summed E-state index contributed by atoms with van der Waals surface area (Å²) in [5, 5.41) is 17.9. The number of nitrogens with zero attached hydrogens (tertiary/aromatic N) is 1. The molecule has 2 rings (SSSR count). The Balaban J connectivity index is 2.40. The Labute approximate surface area is 118 Å². The molecule has 0 aliphatic carbocycles. The molecule has 4 N–H and O–H groups in total. The zero-order valence-corrected chi connectivity index (χ0v) is 12.3. The third kappa shape index (κ3) is 3.04. The van der Waals surface area contributed by atoms with Gasteiger partial charge in [-0.2, -0.15) is 0 Å². The molecule has 0 amide bonds. The molecular formula is C14H21N3OS. The van der Waals surface area contributed by atoms with Gasteiger partial charge in [0.1, 0.15) is 5.84 Å². The summed E-state index contributed by atoms with van der Waals surface area (Å²) in [6, 6.07) is 5.98. The van der Waals surface area contributed by atoms with E-state index in [0.717, 1.165) is 34.9 Å². The fraction of sp³-hybridized carbons (Fsp3) is 0.500. The third-order valence-electron chi connectivity index (χ3n) is 3.37. The van der Waals surface area contributed by atoms with Gasteiger partial charge in [-0.25, -0.2) is 0 Å². The fourth-order valence-corrected chi connectivity index (χ4v) is 3.32. The van der Waals surface area contributed by atoms with E-state index in [1.54, 1.807) is 11.8 Å². The standard InChI is InChI=1S/C14H21N3OS/c1-3-19-11-6-4-5-10(12(11)13(15)16)17-8-7-14(2,18)9-17/h4-6,18H,3,7-9H2,1-2H3,(H3,15,16). The molecule has 0 spiro atoms.